The van der Waals surface area contributed by atoms with Crippen LogP contribution in [0.5, 0.6) is 0 Å². The van der Waals surface area contributed by atoms with Gasteiger partial charge in [-0.05, 0) is 60.0 Å². The van der Waals surface area contributed by atoms with Crippen molar-refractivity contribution in [2.24, 2.45) is 5.73 Å². The lowest BCUT2D eigenvalue weighted by Crippen LogP contribution is -2.31. The van der Waals surface area contributed by atoms with Crippen LogP contribution in [0.15, 0.2) is 22.7 Å². The van der Waals surface area contributed by atoms with E-state index in [-0.39, 0.29) is 11.9 Å². The first-order valence-electron chi connectivity index (χ1n) is 6.49. The van der Waals surface area contributed by atoms with E-state index in [0.717, 1.165) is 31.6 Å². The predicted molar refractivity (Wildman–Crippen MR) is 78.2 cm³/mol. The molecule has 0 aliphatic heterocycles. The van der Waals surface area contributed by atoms with E-state index < -0.39 is 0 Å². The maximum Gasteiger partial charge on any atom is 0.137 e. The largest absolute Gasteiger partial charge is 0.327 e. The number of hydrogen-bond acceptors (Lipinski definition) is 2. The standard InChI is InChI=1S/C14H22BrFN2/c1-3-18(4-2)9-8-12(17)10-11-6-5-7-13(16)14(11)15/h5-7,12H,3-4,8-10,17H2,1-2H3. The van der Waals surface area contributed by atoms with Gasteiger partial charge in [-0.3, -0.25) is 0 Å². The molecule has 2 N–H and O–H groups in total. The zero-order chi connectivity index (χ0) is 13.5. The van der Waals surface area contributed by atoms with Crippen LogP contribution < -0.4 is 5.73 Å². The summed E-state index contributed by atoms with van der Waals surface area (Å²) in [7, 11) is 0. The van der Waals surface area contributed by atoms with Crippen LogP contribution >= 0.6 is 15.9 Å². The van der Waals surface area contributed by atoms with Gasteiger partial charge in [0.1, 0.15) is 5.82 Å². The first-order chi connectivity index (χ1) is 8.58. The molecular formula is C14H22BrFN2. The number of halogens is 2. The maximum absolute atomic E-state index is 13.4. The van der Waals surface area contributed by atoms with Crippen molar-refractivity contribution in [2.75, 3.05) is 19.6 Å². The molecule has 0 bridgehead atoms. The van der Waals surface area contributed by atoms with Gasteiger partial charge in [-0.2, -0.15) is 0 Å². The molecular weight excluding hydrogens is 295 g/mol. The minimum Gasteiger partial charge on any atom is -0.327 e. The average molecular weight is 317 g/mol. The molecule has 0 spiro atoms. The Bertz CT molecular complexity index is 367. The third-order valence-corrected chi connectivity index (χ3v) is 4.11. The molecule has 0 saturated carbocycles. The van der Waals surface area contributed by atoms with E-state index in [4.69, 9.17) is 5.73 Å². The van der Waals surface area contributed by atoms with Gasteiger partial charge < -0.3 is 10.6 Å². The molecule has 18 heavy (non-hydrogen) atoms. The second kappa shape index (κ2) is 7.87. The molecule has 0 aliphatic carbocycles. The molecule has 1 aromatic rings. The van der Waals surface area contributed by atoms with E-state index in [1.165, 1.54) is 6.07 Å². The topological polar surface area (TPSA) is 29.3 Å². The smallest absolute Gasteiger partial charge is 0.137 e. The van der Waals surface area contributed by atoms with Gasteiger partial charge in [0, 0.05) is 6.04 Å². The summed E-state index contributed by atoms with van der Waals surface area (Å²) in [5, 5.41) is 0. The molecule has 0 aliphatic rings. The van der Waals surface area contributed by atoms with E-state index in [1.54, 1.807) is 6.07 Å². The Morgan fingerprint density at radius 2 is 2.00 bits per heavy atom. The monoisotopic (exact) mass is 316 g/mol. The zero-order valence-corrected chi connectivity index (χ0v) is 12.7. The maximum atomic E-state index is 13.4. The molecule has 2 nitrogen and oxygen atoms in total. The van der Waals surface area contributed by atoms with Crippen molar-refractivity contribution < 1.29 is 4.39 Å². The first kappa shape index (κ1) is 15.6. The average Bonchev–Trinajstić information content (AvgIpc) is 2.36. The van der Waals surface area contributed by atoms with Gasteiger partial charge in [-0.25, -0.2) is 4.39 Å². The number of benzene rings is 1. The molecule has 4 heteroatoms. The summed E-state index contributed by atoms with van der Waals surface area (Å²) in [5.74, 6) is -0.219. The zero-order valence-electron chi connectivity index (χ0n) is 11.1. The van der Waals surface area contributed by atoms with Crippen molar-refractivity contribution in [2.45, 2.75) is 32.7 Å². The fourth-order valence-corrected chi connectivity index (χ4v) is 2.41. The number of rotatable bonds is 7. The Balaban J connectivity index is 2.49. The predicted octanol–water partition coefficient (Wildman–Crippen LogP) is 3.19. The highest BCUT2D eigenvalue weighted by Crippen LogP contribution is 2.21. The van der Waals surface area contributed by atoms with Crippen molar-refractivity contribution in [1.29, 1.82) is 0 Å². The SMILES string of the molecule is CCN(CC)CCC(N)Cc1cccc(F)c1Br. The van der Waals surface area contributed by atoms with Crippen LogP contribution in [0.3, 0.4) is 0 Å². The normalized spacial score (nSPS) is 13.0. The van der Waals surface area contributed by atoms with Crippen LogP contribution in [0.4, 0.5) is 4.39 Å². The van der Waals surface area contributed by atoms with Crippen LogP contribution in [0.1, 0.15) is 25.8 Å². The van der Waals surface area contributed by atoms with Crippen molar-refractivity contribution in [1.82, 2.24) is 4.90 Å². The molecule has 1 atom stereocenters. The van der Waals surface area contributed by atoms with Crippen molar-refractivity contribution in [3.8, 4) is 0 Å². The highest BCUT2D eigenvalue weighted by Gasteiger charge is 2.11. The molecule has 0 saturated heterocycles. The van der Waals surface area contributed by atoms with E-state index in [2.05, 4.69) is 34.7 Å². The third kappa shape index (κ3) is 4.67. The Labute approximate surface area is 117 Å². The fraction of sp³-hybridized carbons (Fsp3) is 0.571. The van der Waals surface area contributed by atoms with Gasteiger partial charge >= 0.3 is 0 Å². The minimum absolute atomic E-state index is 0.0729. The van der Waals surface area contributed by atoms with Crippen molar-refractivity contribution in [3.05, 3.63) is 34.1 Å². The quantitative estimate of drug-likeness (QED) is 0.837. The van der Waals surface area contributed by atoms with Crippen molar-refractivity contribution in [3.63, 3.8) is 0 Å². The summed E-state index contributed by atoms with van der Waals surface area (Å²) in [6.07, 6.45) is 1.64. The second-order valence-electron chi connectivity index (χ2n) is 4.49. The number of hydrogen-bond donors (Lipinski definition) is 1. The Kier molecular flexibility index (Phi) is 6.82. The molecule has 0 amide bonds. The van der Waals surface area contributed by atoms with Crippen LogP contribution in [-0.2, 0) is 6.42 Å². The lowest BCUT2D eigenvalue weighted by molar-refractivity contribution is 0.290. The highest BCUT2D eigenvalue weighted by molar-refractivity contribution is 9.10. The lowest BCUT2D eigenvalue weighted by atomic mass is 10.0. The molecule has 0 radical (unpaired) electrons. The fourth-order valence-electron chi connectivity index (χ4n) is 1.98. The molecule has 0 heterocycles. The van der Waals surface area contributed by atoms with Crippen LogP contribution in [0.25, 0.3) is 0 Å². The summed E-state index contributed by atoms with van der Waals surface area (Å²) in [6.45, 7) is 7.40. The molecule has 102 valence electrons. The molecule has 1 aromatic carbocycles. The van der Waals surface area contributed by atoms with Gasteiger partial charge in [0.2, 0.25) is 0 Å². The number of nitrogens with zero attached hydrogens (tertiary/aromatic N) is 1. The van der Waals surface area contributed by atoms with E-state index in [9.17, 15) is 4.39 Å². The summed E-state index contributed by atoms with van der Waals surface area (Å²) in [4.78, 5) is 2.35. The first-order valence-corrected chi connectivity index (χ1v) is 7.28. The van der Waals surface area contributed by atoms with Crippen LogP contribution in [0.2, 0.25) is 0 Å². The Morgan fingerprint density at radius 3 is 2.61 bits per heavy atom. The van der Waals surface area contributed by atoms with Gasteiger partial charge in [-0.15, -0.1) is 0 Å². The molecule has 0 aromatic heterocycles. The van der Waals surface area contributed by atoms with E-state index >= 15 is 0 Å². The third-order valence-electron chi connectivity index (χ3n) is 3.22. The summed E-state index contributed by atoms with van der Waals surface area (Å²) < 4.78 is 13.9. The summed E-state index contributed by atoms with van der Waals surface area (Å²) >= 11 is 3.28. The molecule has 1 rings (SSSR count). The van der Waals surface area contributed by atoms with Gasteiger partial charge in [-0.1, -0.05) is 26.0 Å². The van der Waals surface area contributed by atoms with E-state index in [0.29, 0.717) is 10.9 Å². The minimum atomic E-state index is -0.219. The Morgan fingerprint density at radius 1 is 1.33 bits per heavy atom. The van der Waals surface area contributed by atoms with Crippen LogP contribution in [0, 0.1) is 5.82 Å². The highest BCUT2D eigenvalue weighted by atomic mass is 79.9. The van der Waals surface area contributed by atoms with Gasteiger partial charge in [0.05, 0.1) is 4.47 Å². The van der Waals surface area contributed by atoms with E-state index in [1.807, 2.05) is 6.07 Å². The van der Waals surface area contributed by atoms with Gasteiger partial charge in [0.15, 0.2) is 0 Å². The van der Waals surface area contributed by atoms with Crippen LogP contribution in [-0.4, -0.2) is 30.6 Å². The Hall–Kier alpha value is -0.450. The summed E-state index contributed by atoms with van der Waals surface area (Å²) in [5.41, 5.74) is 7.06. The lowest BCUT2D eigenvalue weighted by Gasteiger charge is -2.20. The molecule has 1 unspecified atom stereocenters. The van der Waals surface area contributed by atoms with Gasteiger partial charge in [0.25, 0.3) is 0 Å². The second-order valence-corrected chi connectivity index (χ2v) is 5.29. The molecule has 0 fully saturated rings. The summed E-state index contributed by atoms with van der Waals surface area (Å²) in [6, 6.07) is 5.18. The number of nitrogens with two attached hydrogens (primary N) is 1. The van der Waals surface area contributed by atoms with Crippen molar-refractivity contribution >= 4 is 15.9 Å².